The van der Waals surface area contributed by atoms with Crippen molar-refractivity contribution in [2.75, 3.05) is 5.32 Å². The van der Waals surface area contributed by atoms with Gasteiger partial charge in [-0.15, -0.1) is 0 Å². The third-order valence-corrected chi connectivity index (χ3v) is 2.88. The summed E-state index contributed by atoms with van der Waals surface area (Å²) >= 11 is 0. The van der Waals surface area contributed by atoms with Crippen LogP contribution in [0.25, 0.3) is 0 Å². The zero-order valence-corrected chi connectivity index (χ0v) is 12.1. The second kappa shape index (κ2) is 5.39. The summed E-state index contributed by atoms with van der Waals surface area (Å²) in [6, 6.07) is 10.4. The van der Waals surface area contributed by atoms with E-state index in [9.17, 15) is 0 Å². The summed E-state index contributed by atoms with van der Waals surface area (Å²) in [6.07, 6.45) is 1.81. The molecule has 100 valence electrons. The molecule has 0 fully saturated rings. The maximum atomic E-state index is 4.56. The lowest BCUT2D eigenvalue weighted by Crippen LogP contribution is -2.16. The van der Waals surface area contributed by atoms with Gasteiger partial charge >= 0.3 is 0 Å². The molecule has 0 spiro atoms. The molecule has 2 rings (SSSR count). The Kier molecular flexibility index (Phi) is 3.84. The van der Waals surface area contributed by atoms with E-state index in [0.717, 1.165) is 18.2 Å². The standard InChI is InChI=1S/C16H21N3/c1-12-6-5-7-13(10-12)11-18-14-8-9-17-15(19-14)16(2,3)4/h5-10H,11H2,1-4H3,(H,17,18,19). The van der Waals surface area contributed by atoms with E-state index < -0.39 is 0 Å². The monoisotopic (exact) mass is 255 g/mol. The maximum Gasteiger partial charge on any atom is 0.135 e. The highest BCUT2D eigenvalue weighted by molar-refractivity contribution is 5.36. The minimum Gasteiger partial charge on any atom is -0.366 e. The summed E-state index contributed by atoms with van der Waals surface area (Å²) < 4.78 is 0. The molecule has 19 heavy (non-hydrogen) atoms. The molecule has 0 radical (unpaired) electrons. The van der Waals surface area contributed by atoms with Crippen molar-refractivity contribution in [1.29, 1.82) is 0 Å². The highest BCUT2D eigenvalue weighted by Crippen LogP contribution is 2.19. The quantitative estimate of drug-likeness (QED) is 0.908. The summed E-state index contributed by atoms with van der Waals surface area (Å²) in [5.74, 6) is 1.74. The first-order valence-electron chi connectivity index (χ1n) is 6.58. The second-order valence-electron chi connectivity index (χ2n) is 5.86. The van der Waals surface area contributed by atoms with Crippen LogP contribution in [0, 0.1) is 6.92 Å². The summed E-state index contributed by atoms with van der Waals surface area (Å²) in [7, 11) is 0. The van der Waals surface area contributed by atoms with Gasteiger partial charge in [0.2, 0.25) is 0 Å². The van der Waals surface area contributed by atoms with Gasteiger partial charge in [-0.05, 0) is 18.6 Å². The average Bonchev–Trinajstić information content (AvgIpc) is 2.36. The number of anilines is 1. The van der Waals surface area contributed by atoms with Crippen molar-refractivity contribution >= 4 is 5.82 Å². The second-order valence-corrected chi connectivity index (χ2v) is 5.86. The lowest BCUT2D eigenvalue weighted by Gasteiger charge is -2.17. The van der Waals surface area contributed by atoms with E-state index in [4.69, 9.17) is 0 Å². The summed E-state index contributed by atoms with van der Waals surface area (Å²) in [5, 5.41) is 3.35. The Balaban J connectivity index is 2.08. The molecule has 3 nitrogen and oxygen atoms in total. The third kappa shape index (κ3) is 3.78. The number of aromatic nitrogens is 2. The van der Waals surface area contributed by atoms with Crippen molar-refractivity contribution < 1.29 is 0 Å². The van der Waals surface area contributed by atoms with Gasteiger partial charge in [0.25, 0.3) is 0 Å². The number of nitrogens with zero attached hydrogens (tertiary/aromatic N) is 2. The van der Waals surface area contributed by atoms with Gasteiger partial charge in [-0.25, -0.2) is 9.97 Å². The molecule has 0 bridgehead atoms. The molecule has 1 aromatic heterocycles. The largest absolute Gasteiger partial charge is 0.366 e. The normalized spacial score (nSPS) is 11.4. The van der Waals surface area contributed by atoms with Crippen LogP contribution in [0.1, 0.15) is 37.7 Å². The Morgan fingerprint density at radius 3 is 2.63 bits per heavy atom. The molecule has 0 amide bonds. The Hall–Kier alpha value is -1.90. The predicted molar refractivity (Wildman–Crippen MR) is 79.2 cm³/mol. The van der Waals surface area contributed by atoms with Gasteiger partial charge < -0.3 is 5.32 Å². The van der Waals surface area contributed by atoms with Crippen molar-refractivity contribution in [3.63, 3.8) is 0 Å². The van der Waals surface area contributed by atoms with Gasteiger partial charge in [-0.1, -0.05) is 50.6 Å². The maximum absolute atomic E-state index is 4.56. The summed E-state index contributed by atoms with van der Waals surface area (Å²) in [5.41, 5.74) is 2.51. The molecule has 1 aromatic carbocycles. The molecule has 0 aliphatic carbocycles. The van der Waals surface area contributed by atoms with Crippen LogP contribution in [0.5, 0.6) is 0 Å². The zero-order chi connectivity index (χ0) is 13.9. The molecular weight excluding hydrogens is 234 g/mol. The smallest absolute Gasteiger partial charge is 0.135 e. The van der Waals surface area contributed by atoms with E-state index >= 15 is 0 Å². The minimum absolute atomic E-state index is 0.0268. The van der Waals surface area contributed by atoms with E-state index in [2.05, 4.69) is 67.2 Å². The fourth-order valence-corrected chi connectivity index (χ4v) is 1.83. The highest BCUT2D eigenvalue weighted by atomic mass is 15.0. The van der Waals surface area contributed by atoms with Gasteiger partial charge in [-0.3, -0.25) is 0 Å². The fraction of sp³-hybridized carbons (Fsp3) is 0.375. The predicted octanol–water partition coefficient (Wildman–Crippen LogP) is 3.69. The zero-order valence-electron chi connectivity index (χ0n) is 12.1. The number of hydrogen-bond acceptors (Lipinski definition) is 3. The van der Waals surface area contributed by atoms with Crippen LogP contribution in [-0.2, 0) is 12.0 Å². The highest BCUT2D eigenvalue weighted by Gasteiger charge is 2.17. The Morgan fingerprint density at radius 2 is 1.95 bits per heavy atom. The van der Waals surface area contributed by atoms with E-state index in [1.54, 1.807) is 0 Å². The van der Waals surface area contributed by atoms with Gasteiger partial charge in [0.15, 0.2) is 0 Å². The molecule has 0 saturated carbocycles. The van der Waals surface area contributed by atoms with Crippen molar-refractivity contribution in [2.45, 2.75) is 39.7 Å². The van der Waals surface area contributed by atoms with Crippen LogP contribution in [0.4, 0.5) is 5.82 Å². The van der Waals surface area contributed by atoms with Crippen LogP contribution < -0.4 is 5.32 Å². The summed E-state index contributed by atoms with van der Waals surface area (Å²) in [6.45, 7) is 9.24. The fourth-order valence-electron chi connectivity index (χ4n) is 1.83. The van der Waals surface area contributed by atoms with Crippen molar-refractivity contribution in [1.82, 2.24) is 9.97 Å². The van der Waals surface area contributed by atoms with Gasteiger partial charge in [-0.2, -0.15) is 0 Å². The molecule has 1 heterocycles. The van der Waals surface area contributed by atoms with E-state index in [1.807, 2.05) is 12.3 Å². The van der Waals surface area contributed by atoms with E-state index in [0.29, 0.717) is 0 Å². The third-order valence-electron chi connectivity index (χ3n) is 2.88. The molecule has 1 N–H and O–H groups in total. The van der Waals surface area contributed by atoms with Crippen LogP contribution in [-0.4, -0.2) is 9.97 Å². The SMILES string of the molecule is Cc1cccc(CNc2ccnc(C(C)(C)C)n2)c1. The number of benzene rings is 1. The average molecular weight is 255 g/mol. The molecule has 0 atom stereocenters. The topological polar surface area (TPSA) is 37.8 Å². The Labute approximate surface area is 115 Å². The van der Waals surface area contributed by atoms with Crippen LogP contribution in [0.15, 0.2) is 36.5 Å². The van der Waals surface area contributed by atoms with Crippen molar-refractivity contribution in [3.05, 3.63) is 53.5 Å². The first kappa shape index (κ1) is 13.5. The van der Waals surface area contributed by atoms with Gasteiger partial charge in [0.1, 0.15) is 11.6 Å². The van der Waals surface area contributed by atoms with Crippen LogP contribution in [0.3, 0.4) is 0 Å². The Bertz CT molecular complexity index is 556. The number of nitrogens with one attached hydrogen (secondary N) is 1. The molecule has 0 aliphatic rings. The van der Waals surface area contributed by atoms with Crippen molar-refractivity contribution in [3.8, 4) is 0 Å². The number of aryl methyl sites for hydroxylation is 1. The molecule has 0 saturated heterocycles. The first-order valence-corrected chi connectivity index (χ1v) is 6.58. The van der Waals surface area contributed by atoms with Gasteiger partial charge in [0, 0.05) is 18.2 Å². The van der Waals surface area contributed by atoms with E-state index in [1.165, 1.54) is 11.1 Å². The van der Waals surface area contributed by atoms with Crippen LogP contribution >= 0.6 is 0 Å². The lowest BCUT2D eigenvalue weighted by atomic mass is 9.96. The van der Waals surface area contributed by atoms with Crippen molar-refractivity contribution in [2.24, 2.45) is 0 Å². The Morgan fingerprint density at radius 1 is 1.16 bits per heavy atom. The van der Waals surface area contributed by atoms with Gasteiger partial charge in [0.05, 0.1) is 0 Å². The lowest BCUT2D eigenvalue weighted by molar-refractivity contribution is 0.546. The number of rotatable bonds is 3. The summed E-state index contributed by atoms with van der Waals surface area (Å²) in [4.78, 5) is 8.89. The van der Waals surface area contributed by atoms with Crippen LogP contribution in [0.2, 0.25) is 0 Å². The molecule has 0 unspecified atom stereocenters. The number of hydrogen-bond donors (Lipinski definition) is 1. The molecule has 3 heteroatoms. The molecular formula is C16H21N3. The molecule has 0 aliphatic heterocycles. The first-order chi connectivity index (χ1) is 8.95. The molecule has 2 aromatic rings. The van der Waals surface area contributed by atoms with E-state index in [-0.39, 0.29) is 5.41 Å². The minimum atomic E-state index is -0.0268.